The highest BCUT2D eigenvalue weighted by molar-refractivity contribution is 5.92. The van der Waals surface area contributed by atoms with Crippen LogP contribution < -0.4 is 0 Å². The van der Waals surface area contributed by atoms with Gasteiger partial charge in [0.25, 0.3) is 5.91 Å². The number of imidazole rings is 1. The molecular formula is C25H33N5O3. The maximum absolute atomic E-state index is 13.1. The Labute approximate surface area is 195 Å². The van der Waals surface area contributed by atoms with Gasteiger partial charge in [0.05, 0.1) is 25.2 Å². The Kier molecular flexibility index (Phi) is 6.93. The molecule has 176 valence electrons. The molecule has 3 aromatic rings. The van der Waals surface area contributed by atoms with Gasteiger partial charge in [0, 0.05) is 37.9 Å². The quantitative estimate of drug-likeness (QED) is 0.532. The lowest BCUT2D eigenvalue weighted by molar-refractivity contribution is 0.0607. The van der Waals surface area contributed by atoms with Crippen LogP contribution in [0, 0.1) is 5.92 Å². The van der Waals surface area contributed by atoms with Gasteiger partial charge in [-0.15, -0.1) is 0 Å². The van der Waals surface area contributed by atoms with Gasteiger partial charge in [-0.05, 0) is 37.8 Å². The van der Waals surface area contributed by atoms with Crippen molar-refractivity contribution in [2.24, 2.45) is 5.92 Å². The van der Waals surface area contributed by atoms with Crippen LogP contribution in [0.25, 0.3) is 11.4 Å². The van der Waals surface area contributed by atoms with Crippen molar-refractivity contribution < 1.29 is 13.9 Å². The molecule has 0 spiro atoms. The van der Waals surface area contributed by atoms with Gasteiger partial charge in [0.15, 0.2) is 0 Å². The predicted octanol–water partition coefficient (Wildman–Crippen LogP) is 4.32. The van der Waals surface area contributed by atoms with Crippen LogP contribution in [0.1, 0.15) is 62.6 Å². The second-order valence-electron chi connectivity index (χ2n) is 9.60. The topological polar surface area (TPSA) is 86.3 Å². The van der Waals surface area contributed by atoms with Crippen LogP contribution in [0.5, 0.6) is 0 Å². The molecule has 8 heteroatoms. The van der Waals surface area contributed by atoms with Gasteiger partial charge in [-0.25, -0.2) is 9.97 Å². The smallest absolute Gasteiger partial charge is 0.274 e. The first kappa shape index (κ1) is 23.2. The monoisotopic (exact) mass is 451 g/mol. The van der Waals surface area contributed by atoms with Crippen molar-refractivity contribution in [1.29, 1.82) is 0 Å². The van der Waals surface area contributed by atoms with Crippen molar-refractivity contribution in [3.63, 3.8) is 0 Å². The fourth-order valence-corrected chi connectivity index (χ4v) is 4.16. The standard InChI is InChI=1S/C25H33N5O3/c1-5-29(16-19-7-6-10-33-19)23(31)21-14-26-13-20(27-21)22-17-30(24(28-22)25(2,3)4)15-18-8-11-32-12-9-18/h6-7,10,13-14,17-18H,5,8-9,11-12,15-16H2,1-4H3. The maximum Gasteiger partial charge on any atom is 0.274 e. The summed E-state index contributed by atoms with van der Waals surface area (Å²) in [5.41, 5.74) is 1.53. The molecular weight excluding hydrogens is 418 g/mol. The summed E-state index contributed by atoms with van der Waals surface area (Å²) in [6.45, 7) is 11.9. The summed E-state index contributed by atoms with van der Waals surface area (Å²) >= 11 is 0. The van der Waals surface area contributed by atoms with Crippen molar-refractivity contribution in [1.82, 2.24) is 24.4 Å². The van der Waals surface area contributed by atoms with E-state index in [1.165, 1.54) is 6.20 Å². The minimum atomic E-state index is -0.180. The molecule has 0 radical (unpaired) electrons. The highest BCUT2D eigenvalue weighted by Gasteiger charge is 2.26. The maximum atomic E-state index is 13.1. The zero-order valence-corrected chi connectivity index (χ0v) is 20.0. The SMILES string of the molecule is CCN(Cc1ccco1)C(=O)c1cncc(-c2cn(CC3CCOCC3)c(C(C)(C)C)n2)n1. The number of nitrogens with zero attached hydrogens (tertiary/aromatic N) is 5. The van der Waals surface area contributed by atoms with E-state index in [4.69, 9.17) is 14.1 Å². The first-order valence-corrected chi connectivity index (χ1v) is 11.6. The van der Waals surface area contributed by atoms with Crippen molar-refractivity contribution >= 4 is 5.91 Å². The third-order valence-corrected chi connectivity index (χ3v) is 5.95. The summed E-state index contributed by atoms with van der Waals surface area (Å²) in [5.74, 6) is 2.13. The van der Waals surface area contributed by atoms with Gasteiger partial charge < -0.3 is 18.6 Å². The molecule has 0 bridgehead atoms. The van der Waals surface area contributed by atoms with E-state index in [1.54, 1.807) is 17.4 Å². The number of carbonyl (C=O) groups excluding carboxylic acids is 1. The van der Waals surface area contributed by atoms with Crippen LogP contribution in [-0.4, -0.2) is 50.1 Å². The normalized spacial score (nSPS) is 15.0. The minimum absolute atomic E-state index is 0.119. The third kappa shape index (κ3) is 5.50. The first-order valence-electron chi connectivity index (χ1n) is 11.6. The molecule has 0 atom stereocenters. The number of hydrogen-bond donors (Lipinski definition) is 0. The third-order valence-electron chi connectivity index (χ3n) is 5.95. The number of hydrogen-bond acceptors (Lipinski definition) is 6. The van der Waals surface area contributed by atoms with E-state index in [-0.39, 0.29) is 11.3 Å². The van der Waals surface area contributed by atoms with E-state index in [0.717, 1.165) is 49.9 Å². The Hall–Kier alpha value is -3.00. The molecule has 1 aliphatic heterocycles. The van der Waals surface area contributed by atoms with Gasteiger partial charge in [-0.1, -0.05) is 20.8 Å². The minimum Gasteiger partial charge on any atom is -0.467 e. The Morgan fingerprint density at radius 1 is 1.18 bits per heavy atom. The van der Waals surface area contributed by atoms with Crippen LogP contribution in [0.2, 0.25) is 0 Å². The number of rotatable bonds is 7. The number of aromatic nitrogens is 4. The van der Waals surface area contributed by atoms with Crippen LogP contribution in [-0.2, 0) is 23.2 Å². The second kappa shape index (κ2) is 9.87. The molecule has 1 aliphatic rings. The van der Waals surface area contributed by atoms with E-state index in [0.29, 0.717) is 30.4 Å². The summed E-state index contributed by atoms with van der Waals surface area (Å²) in [4.78, 5) is 28.7. The average Bonchev–Trinajstić information content (AvgIpc) is 3.48. The highest BCUT2D eigenvalue weighted by atomic mass is 16.5. The number of ether oxygens (including phenoxy) is 1. The molecule has 0 aromatic carbocycles. The molecule has 0 aliphatic carbocycles. The average molecular weight is 452 g/mol. The molecule has 33 heavy (non-hydrogen) atoms. The lowest BCUT2D eigenvalue weighted by Crippen LogP contribution is -2.31. The van der Waals surface area contributed by atoms with Crippen LogP contribution in [0.4, 0.5) is 0 Å². The molecule has 0 saturated carbocycles. The van der Waals surface area contributed by atoms with Gasteiger partial charge in [0.1, 0.15) is 28.7 Å². The first-order chi connectivity index (χ1) is 15.8. The van der Waals surface area contributed by atoms with E-state index in [2.05, 4.69) is 41.5 Å². The summed E-state index contributed by atoms with van der Waals surface area (Å²) in [6, 6.07) is 3.68. The Bertz CT molecular complexity index is 1060. The van der Waals surface area contributed by atoms with Crippen molar-refractivity contribution in [2.45, 2.75) is 59.0 Å². The molecule has 4 heterocycles. The van der Waals surface area contributed by atoms with Crippen LogP contribution >= 0.6 is 0 Å². The fourth-order valence-electron chi connectivity index (χ4n) is 4.16. The van der Waals surface area contributed by atoms with Crippen molar-refractivity contribution in [2.75, 3.05) is 19.8 Å². The van der Waals surface area contributed by atoms with Gasteiger partial charge in [-0.3, -0.25) is 9.78 Å². The molecule has 0 unspecified atom stereocenters. The molecule has 4 rings (SSSR count). The Morgan fingerprint density at radius 3 is 2.64 bits per heavy atom. The molecule has 1 saturated heterocycles. The molecule has 1 amide bonds. The molecule has 0 N–H and O–H groups in total. The van der Waals surface area contributed by atoms with E-state index < -0.39 is 0 Å². The van der Waals surface area contributed by atoms with Gasteiger partial charge in [-0.2, -0.15) is 0 Å². The Balaban J connectivity index is 1.60. The largest absolute Gasteiger partial charge is 0.467 e. The number of carbonyl (C=O) groups is 1. The van der Waals surface area contributed by atoms with Crippen molar-refractivity contribution in [3.8, 4) is 11.4 Å². The lowest BCUT2D eigenvalue weighted by Gasteiger charge is -2.25. The van der Waals surface area contributed by atoms with E-state index >= 15 is 0 Å². The van der Waals surface area contributed by atoms with E-state index in [9.17, 15) is 4.79 Å². The highest BCUT2D eigenvalue weighted by Crippen LogP contribution is 2.28. The number of furan rings is 1. The summed E-state index contributed by atoms with van der Waals surface area (Å²) in [5, 5.41) is 0. The summed E-state index contributed by atoms with van der Waals surface area (Å²) in [7, 11) is 0. The summed E-state index contributed by atoms with van der Waals surface area (Å²) in [6.07, 6.45) is 8.96. The summed E-state index contributed by atoms with van der Waals surface area (Å²) < 4.78 is 13.2. The molecule has 8 nitrogen and oxygen atoms in total. The lowest BCUT2D eigenvalue weighted by atomic mass is 9.94. The predicted molar refractivity (Wildman–Crippen MR) is 125 cm³/mol. The van der Waals surface area contributed by atoms with Gasteiger partial charge in [0.2, 0.25) is 0 Å². The zero-order valence-electron chi connectivity index (χ0n) is 20.0. The van der Waals surface area contributed by atoms with E-state index in [1.807, 2.05) is 19.1 Å². The second-order valence-corrected chi connectivity index (χ2v) is 9.60. The van der Waals surface area contributed by atoms with Crippen molar-refractivity contribution in [3.05, 3.63) is 54.3 Å². The number of amides is 1. The van der Waals surface area contributed by atoms with Crippen LogP contribution in [0.3, 0.4) is 0 Å². The van der Waals surface area contributed by atoms with Crippen LogP contribution in [0.15, 0.2) is 41.4 Å². The Morgan fingerprint density at radius 2 is 1.97 bits per heavy atom. The zero-order chi connectivity index (χ0) is 23.4. The molecule has 1 fully saturated rings. The fraction of sp³-hybridized carbons (Fsp3) is 0.520. The molecule has 3 aromatic heterocycles. The van der Waals surface area contributed by atoms with Gasteiger partial charge >= 0.3 is 0 Å².